The van der Waals surface area contributed by atoms with E-state index < -0.39 is 26.8 Å². The highest BCUT2D eigenvalue weighted by molar-refractivity contribution is 7.90. The number of rotatable bonds is 5. The number of allylic oxidation sites excluding steroid dienone is 1. The number of methoxy groups -OCH3 is 1. The Morgan fingerprint density at radius 2 is 1.83 bits per heavy atom. The molecule has 2 aliphatic carbocycles. The number of sulfonamides is 1. The first kappa shape index (κ1) is 41.0. The second-order valence-electron chi connectivity index (χ2n) is 18.6. The molecule has 0 unspecified atom stereocenters. The number of halogens is 1. The molecule has 4 heterocycles. The van der Waals surface area contributed by atoms with Crippen LogP contribution < -0.4 is 14.4 Å². The average molecular weight is 842 g/mol. The number of aryl methyl sites for hydroxylation is 1. The van der Waals surface area contributed by atoms with Crippen molar-refractivity contribution in [3.05, 3.63) is 106 Å². The van der Waals surface area contributed by atoms with Crippen molar-refractivity contribution in [2.75, 3.05) is 64.4 Å². The van der Waals surface area contributed by atoms with E-state index in [-0.39, 0.29) is 17.3 Å². The van der Waals surface area contributed by atoms with E-state index in [0.717, 1.165) is 93.4 Å². The molecule has 316 valence electrons. The molecule has 11 heteroatoms. The molecule has 4 aliphatic heterocycles. The van der Waals surface area contributed by atoms with Crippen LogP contribution in [0.25, 0.3) is 0 Å². The number of carbonyl (C=O) groups is 1. The Morgan fingerprint density at radius 1 is 0.966 bits per heavy atom. The fourth-order valence-corrected chi connectivity index (χ4v) is 13.5. The van der Waals surface area contributed by atoms with Crippen LogP contribution in [0, 0.1) is 17.8 Å². The molecule has 3 fully saturated rings. The lowest BCUT2D eigenvalue weighted by atomic mass is 9.63. The van der Waals surface area contributed by atoms with E-state index in [1.54, 1.807) is 6.07 Å². The number of nitrogens with one attached hydrogen (secondary N) is 1. The van der Waals surface area contributed by atoms with Crippen molar-refractivity contribution in [1.29, 1.82) is 0 Å². The first-order chi connectivity index (χ1) is 28.5. The normalized spacial score (nSPS) is 33.0. The molecule has 0 radical (unpaired) electrons. The fraction of sp³-hybridized carbons (Fsp3) is 0.562. The van der Waals surface area contributed by atoms with E-state index in [2.05, 4.69) is 43.7 Å². The topological polar surface area (TPSA) is 91.4 Å². The third-order valence-corrected chi connectivity index (χ3v) is 17.2. The van der Waals surface area contributed by atoms with Gasteiger partial charge >= 0.3 is 0 Å². The van der Waals surface area contributed by atoms with E-state index in [1.165, 1.54) is 36.9 Å². The molecule has 1 N–H and O–H groups in total. The first-order valence-corrected chi connectivity index (χ1v) is 24.1. The van der Waals surface area contributed by atoms with Gasteiger partial charge in [-0.2, -0.15) is 0 Å². The van der Waals surface area contributed by atoms with Crippen LogP contribution in [0.15, 0.2) is 78.9 Å². The molecular weight excluding hydrogens is 780 g/mol. The lowest BCUT2D eigenvalue weighted by molar-refractivity contribution is -0.100. The van der Waals surface area contributed by atoms with Crippen molar-refractivity contribution in [2.45, 2.75) is 93.4 Å². The molecule has 1 saturated carbocycles. The summed E-state index contributed by atoms with van der Waals surface area (Å²) in [5, 5.41) is -0.0830. The minimum absolute atomic E-state index is 0.257. The summed E-state index contributed by atoms with van der Waals surface area (Å²) in [5.41, 5.74) is 3.82. The predicted molar refractivity (Wildman–Crippen MR) is 235 cm³/mol. The zero-order chi connectivity index (χ0) is 40.8. The minimum atomic E-state index is -4.11. The Kier molecular flexibility index (Phi) is 11.7. The van der Waals surface area contributed by atoms with Gasteiger partial charge in [0.1, 0.15) is 11.4 Å². The van der Waals surface area contributed by atoms with Crippen molar-refractivity contribution < 1.29 is 22.7 Å². The number of carbonyl (C=O) groups excluding carboxylic acids is 1. The van der Waals surface area contributed by atoms with Gasteiger partial charge in [0.05, 0.1) is 17.5 Å². The van der Waals surface area contributed by atoms with Crippen molar-refractivity contribution in [2.24, 2.45) is 17.8 Å². The van der Waals surface area contributed by atoms with Gasteiger partial charge in [0.2, 0.25) is 10.0 Å². The highest BCUT2D eigenvalue weighted by atomic mass is 35.5. The molecule has 9 nitrogen and oxygen atoms in total. The summed E-state index contributed by atoms with van der Waals surface area (Å²) in [7, 11) is -2.22. The summed E-state index contributed by atoms with van der Waals surface area (Å²) in [6.45, 7) is 9.17. The van der Waals surface area contributed by atoms with Crippen LogP contribution in [-0.2, 0) is 33.0 Å². The quantitative estimate of drug-likeness (QED) is 0.262. The number of piperidine rings is 1. The van der Waals surface area contributed by atoms with Crippen molar-refractivity contribution in [1.82, 2.24) is 14.5 Å². The lowest BCUT2D eigenvalue weighted by Crippen LogP contribution is -2.61. The monoisotopic (exact) mass is 840 g/mol. The summed E-state index contributed by atoms with van der Waals surface area (Å²) in [6, 6.07) is 22.1. The Labute approximate surface area is 356 Å². The highest BCUT2D eigenvalue weighted by Gasteiger charge is 2.50. The molecular formula is C48H61ClN4O5S. The Balaban J connectivity index is 1.12. The van der Waals surface area contributed by atoms with Crippen LogP contribution in [0.5, 0.6) is 5.75 Å². The molecule has 2 bridgehead atoms. The molecule has 3 aromatic rings. The largest absolute Gasteiger partial charge is 0.490 e. The zero-order valence-electron chi connectivity index (χ0n) is 34.8. The van der Waals surface area contributed by atoms with Gasteiger partial charge in [0, 0.05) is 68.4 Å². The second kappa shape index (κ2) is 16.8. The summed E-state index contributed by atoms with van der Waals surface area (Å²) in [5.74, 6) is 0.421. The van der Waals surface area contributed by atoms with Crippen molar-refractivity contribution in [3.8, 4) is 5.75 Å². The predicted octanol–water partition coefficient (Wildman–Crippen LogP) is 7.66. The second-order valence-corrected chi connectivity index (χ2v) is 21.0. The highest BCUT2D eigenvalue weighted by Crippen LogP contribution is 2.49. The van der Waals surface area contributed by atoms with Crippen LogP contribution >= 0.6 is 11.6 Å². The number of ether oxygens (including phenoxy) is 2. The van der Waals surface area contributed by atoms with Crippen molar-refractivity contribution in [3.63, 3.8) is 0 Å². The van der Waals surface area contributed by atoms with Gasteiger partial charge in [-0.1, -0.05) is 73.5 Å². The standard InChI is InChI=1S/C48H61ClN4O5S/c1-34-10-8-22-48(57-2,32-51-24-25-52-23-7-6-14-40(52)30-51)42-18-15-38(42)29-53-31-47(21-9-13-36-27-39(49)17-19-41(36)47)33-58-44-20-16-37(28-43(44)53)46(54)50-59(55,56)45(34)26-35-11-4-3-5-12-35/h3-5,8,11-12,16-17,19-20,22,27-28,34,38,40,42,45H,6-7,9-10,13-15,18,21,23-26,29-33H2,1-2H3,(H,50,54)/b22-8-/t34-,38-,40+,42+,45+,47-,48+/m0/s1. The van der Waals surface area contributed by atoms with E-state index in [4.69, 9.17) is 21.1 Å². The maximum atomic E-state index is 14.4. The Hall–Kier alpha value is -3.41. The van der Waals surface area contributed by atoms with E-state index in [9.17, 15) is 13.2 Å². The molecule has 0 aromatic heterocycles. The van der Waals surface area contributed by atoms with Gasteiger partial charge in [-0.15, -0.1) is 0 Å². The van der Waals surface area contributed by atoms with Gasteiger partial charge in [0.15, 0.2) is 0 Å². The summed E-state index contributed by atoms with van der Waals surface area (Å²) < 4.78 is 45.0. The van der Waals surface area contributed by atoms with E-state index >= 15 is 0 Å². The molecule has 1 spiro atoms. The maximum Gasteiger partial charge on any atom is 0.264 e. The molecule has 3 aromatic carbocycles. The van der Waals surface area contributed by atoms with Crippen LogP contribution in [0.2, 0.25) is 5.02 Å². The molecule has 1 amide bonds. The van der Waals surface area contributed by atoms with Crippen LogP contribution in [0.3, 0.4) is 0 Å². The lowest BCUT2D eigenvalue weighted by Gasteiger charge is -2.53. The SMILES string of the molecule is CO[C@@]1(CN2CCN3CCCC[C@@H]3C2)/C=C\C[C@H](C)[C@@H](Cc2ccccc2)S(=O)(=O)NC(=O)c2ccc3c(c2)N(C[C@@H]2CC[C@H]21)C[C@@]1(CCCc2cc(Cl)ccc21)CO3. The minimum Gasteiger partial charge on any atom is -0.490 e. The zero-order valence-corrected chi connectivity index (χ0v) is 36.4. The van der Waals surface area contributed by atoms with Gasteiger partial charge < -0.3 is 14.4 Å². The van der Waals surface area contributed by atoms with Gasteiger partial charge in [0.25, 0.3) is 5.91 Å². The average Bonchev–Trinajstić information content (AvgIpc) is 3.37. The fourth-order valence-electron chi connectivity index (χ4n) is 11.6. The number of hydrogen-bond acceptors (Lipinski definition) is 8. The number of nitrogens with zero attached hydrogens (tertiary/aromatic N) is 3. The Morgan fingerprint density at radius 3 is 2.64 bits per heavy atom. The molecule has 2 saturated heterocycles. The number of anilines is 1. The Bertz CT molecular complexity index is 2150. The van der Waals surface area contributed by atoms with E-state index in [0.29, 0.717) is 37.0 Å². The number of hydrogen-bond donors (Lipinski definition) is 1. The molecule has 9 rings (SSSR count). The smallest absolute Gasteiger partial charge is 0.264 e. The van der Waals surface area contributed by atoms with Gasteiger partial charge in [-0.25, -0.2) is 13.1 Å². The molecule has 7 atom stereocenters. The number of amides is 1. The van der Waals surface area contributed by atoms with Crippen LogP contribution in [0.1, 0.15) is 85.3 Å². The van der Waals surface area contributed by atoms with Gasteiger partial charge in [-0.05, 0) is 129 Å². The number of fused-ring (bicyclic) bond motifs is 5. The van der Waals surface area contributed by atoms with Crippen molar-refractivity contribution >= 4 is 33.2 Å². The summed E-state index contributed by atoms with van der Waals surface area (Å²) in [4.78, 5) is 21.9. The van der Waals surface area contributed by atoms with Crippen LogP contribution in [0.4, 0.5) is 5.69 Å². The molecule has 6 aliphatic rings. The first-order valence-electron chi connectivity index (χ1n) is 22.1. The van der Waals surface area contributed by atoms with Gasteiger partial charge in [-0.3, -0.25) is 14.6 Å². The summed E-state index contributed by atoms with van der Waals surface area (Å²) in [6.07, 6.45) is 14.3. The third-order valence-electron chi connectivity index (χ3n) is 15.0. The van der Waals surface area contributed by atoms with E-state index in [1.807, 2.05) is 62.6 Å². The number of piperazine rings is 1. The maximum absolute atomic E-state index is 14.4. The molecule has 59 heavy (non-hydrogen) atoms. The van der Waals surface area contributed by atoms with Crippen LogP contribution in [-0.4, -0.2) is 101 Å². The summed E-state index contributed by atoms with van der Waals surface area (Å²) >= 11 is 6.55. The number of benzene rings is 3. The third kappa shape index (κ3) is 8.21.